The lowest BCUT2D eigenvalue weighted by atomic mass is 10.1. The number of carboxylic acids is 1. The third kappa shape index (κ3) is 6.14. The fraction of sp³-hybridized carbons (Fsp3) is 0.455. The Kier molecular flexibility index (Phi) is 8.19. The van der Waals surface area contributed by atoms with E-state index in [1.807, 2.05) is 6.07 Å². The van der Waals surface area contributed by atoms with Crippen molar-refractivity contribution < 1.29 is 27.6 Å². The zero-order chi connectivity index (χ0) is 26.6. The summed E-state index contributed by atoms with van der Waals surface area (Å²) >= 11 is 0. The molecule has 0 bridgehead atoms. The van der Waals surface area contributed by atoms with E-state index in [0.717, 1.165) is 37.1 Å². The van der Waals surface area contributed by atoms with Crippen LogP contribution < -0.4 is 26.0 Å². The summed E-state index contributed by atoms with van der Waals surface area (Å²) in [6.45, 7) is 4.98. The number of aromatic nitrogens is 3. The van der Waals surface area contributed by atoms with Crippen LogP contribution in [0.2, 0.25) is 0 Å². The maximum absolute atomic E-state index is 12.9. The van der Waals surface area contributed by atoms with Crippen molar-refractivity contribution in [3.8, 4) is 0 Å². The minimum absolute atomic E-state index is 0.0301. The van der Waals surface area contributed by atoms with E-state index in [2.05, 4.69) is 41.3 Å². The third-order valence-electron chi connectivity index (χ3n) is 5.98. The van der Waals surface area contributed by atoms with Crippen LogP contribution >= 0.6 is 0 Å². The van der Waals surface area contributed by atoms with E-state index in [-0.39, 0.29) is 28.2 Å². The number of rotatable bonds is 12. The van der Waals surface area contributed by atoms with Gasteiger partial charge in [0.1, 0.15) is 22.9 Å². The van der Waals surface area contributed by atoms with Crippen LogP contribution in [0.4, 0.5) is 0 Å². The molecular formula is C22H30N8O6S. The van der Waals surface area contributed by atoms with E-state index in [1.165, 1.54) is 13.8 Å². The second-order valence-electron chi connectivity index (χ2n) is 8.67. The molecule has 0 saturated carbocycles. The van der Waals surface area contributed by atoms with Gasteiger partial charge in [0.25, 0.3) is 5.91 Å². The number of hydrogen-bond donors (Lipinski definition) is 7. The molecule has 0 spiro atoms. The predicted octanol–water partition coefficient (Wildman–Crippen LogP) is -0.672. The Bertz CT molecular complexity index is 1360. The van der Waals surface area contributed by atoms with E-state index in [4.69, 9.17) is 4.52 Å². The Morgan fingerprint density at radius 1 is 1.24 bits per heavy atom. The number of nitrogens with one attached hydrogen (secondary N) is 6. The maximum Gasteiger partial charge on any atom is 0.323 e. The van der Waals surface area contributed by atoms with E-state index in [1.54, 1.807) is 12.1 Å². The Morgan fingerprint density at radius 2 is 2.00 bits per heavy atom. The number of aryl methyl sites for hydroxylation is 3. The maximum atomic E-state index is 12.9. The molecule has 14 nitrogen and oxygen atoms in total. The van der Waals surface area contributed by atoms with Crippen molar-refractivity contribution in [2.45, 2.75) is 43.9 Å². The fourth-order valence-corrected chi connectivity index (χ4v) is 5.72. The molecule has 15 heteroatoms. The molecule has 1 aromatic carbocycles. The van der Waals surface area contributed by atoms with Gasteiger partial charge in [0.2, 0.25) is 10.0 Å². The number of carbonyl (C=O) groups is 2. The predicted molar refractivity (Wildman–Crippen MR) is 132 cm³/mol. The van der Waals surface area contributed by atoms with E-state index in [9.17, 15) is 23.1 Å². The zero-order valence-electron chi connectivity index (χ0n) is 20.4. The molecule has 1 fully saturated rings. The lowest BCUT2D eigenvalue weighted by molar-refractivity contribution is -0.138. The Hall–Kier alpha value is -3.37. The van der Waals surface area contributed by atoms with E-state index >= 15 is 0 Å². The van der Waals surface area contributed by atoms with Crippen molar-refractivity contribution in [1.29, 1.82) is 0 Å². The highest BCUT2D eigenvalue weighted by Crippen LogP contribution is 2.21. The molecule has 37 heavy (non-hydrogen) atoms. The second-order valence-corrected chi connectivity index (χ2v) is 10.3. The Balaban J connectivity index is 1.39. The van der Waals surface area contributed by atoms with Crippen LogP contribution in [0.3, 0.4) is 0 Å². The van der Waals surface area contributed by atoms with Gasteiger partial charge in [-0.15, -0.1) is 0 Å². The molecule has 1 amide bonds. The first-order chi connectivity index (χ1) is 17.7. The minimum atomic E-state index is -4.25. The normalized spacial score (nSPS) is 15.3. The summed E-state index contributed by atoms with van der Waals surface area (Å²) in [5.41, 5.74) is 1.70. The number of aliphatic carboxylic acids is 1. The third-order valence-corrected chi connectivity index (χ3v) is 7.70. The van der Waals surface area contributed by atoms with Crippen molar-refractivity contribution in [2.24, 2.45) is 0 Å². The summed E-state index contributed by atoms with van der Waals surface area (Å²) in [5.74, 6) is -1.99. The summed E-state index contributed by atoms with van der Waals surface area (Å²) in [5, 5.41) is 33.6. The average molecular weight is 535 g/mol. The first-order valence-electron chi connectivity index (χ1n) is 11.8. The van der Waals surface area contributed by atoms with Crippen LogP contribution in [-0.4, -0.2) is 79.3 Å². The van der Waals surface area contributed by atoms with Crippen molar-refractivity contribution in [3.05, 3.63) is 40.9 Å². The van der Waals surface area contributed by atoms with Crippen molar-refractivity contribution in [1.82, 2.24) is 41.3 Å². The molecule has 3 aromatic rings. The topological polar surface area (TPSA) is 203 Å². The molecule has 3 heterocycles. The molecule has 7 N–H and O–H groups in total. The van der Waals surface area contributed by atoms with Gasteiger partial charge < -0.3 is 14.9 Å². The minimum Gasteiger partial charge on any atom is -0.480 e. The number of nitrogens with zero attached hydrogens (tertiary/aromatic N) is 2. The summed E-state index contributed by atoms with van der Waals surface area (Å²) in [6.07, 6.45) is 1.63. The number of para-hydroxylation sites is 1. The van der Waals surface area contributed by atoms with Gasteiger partial charge in [0, 0.05) is 25.0 Å². The molecular weight excluding hydrogens is 504 g/mol. The highest BCUT2D eigenvalue weighted by molar-refractivity contribution is 7.89. The summed E-state index contributed by atoms with van der Waals surface area (Å²) in [4.78, 5) is 24.4. The van der Waals surface area contributed by atoms with E-state index < -0.39 is 34.5 Å². The van der Waals surface area contributed by atoms with Crippen molar-refractivity contribution >= 4 is 32.8 Å². The van der Waals surface area contributed by atoms with Crippen LogP contribution in [0.15, 0.2) is 27.6 Å². The van der Waals surface area contributed by atoms with Crippen LogP contribution in [0.25, 0.3) is 10.9 Å². The summed E-state index contributed by atoms with van der Waals surface area (Å²) in [6, 6.07) is 3.55. The molecule has 1 atom stereocenters. The van der Waals surface area contributed by atoms with Crippen LogP contribution in [-0.2, 0) is 21.2 Å². The molecule has 2 aromatic heterocycles. The molecule has 1 aliphatic heterocycles. The molecule has 0 radical (unpaired) electrons. The lowest BCUT2D eigenvalue weighted by Crippen LogP contribution is -2.48. The van der Waals surface area contributed by atoms with E-state index in [0.29, 0.717) is 11.9 Å². The van der Waals surface area contributed by atoms with Crippen LogP contribution in [0, 0.1) is 13.8 Å². The smallest absolute Gasteiger partial charge is 0.323 e. The molecule has 4 rings (SSSR count). The number of fused-ring (bicyclic) bond motifs is 1. The molecule has 1 aliphatic rings. The molecule has 1 saturated heterocycles. The number of benzene rings is 1. The average Bonchev–Trinajstić information content (AvgIpc) is 3.59. The Labute approximate surface area is 213 Å². The van der Waals surface area contributed by atoms with Gasteiger partial charge in [-0.05, 0) is 39.3 Å². The number of aromatic amines is 1. The van der Waals surface area contributed by atoms with Crippen LogP contribution in [0.5, 0.6) is 0 Å². The number of H-pyrrole nitrogens is 1. The van der Waals surface area contributed by atoms with Gasteiger partial charge in [-0.3, -0.25) is 30.6 Å². The molecule has 0 aliphatic carbocycles. The van der Waals surface area contributed by atoms with Crippen molar-refractivity contribution in [2.75, 3.05) is 26.2 Å². The quantitative estimate of drug-likeness (QED) is 0.145. The van der Waals surface area contributed by atoms with Crippen LogP contribution in [0.1, 0.15) is 33.9 Å². The lowest BCUT2D eigenvalue weighted by Gasteiger charge is -2.15. The number of carboxylic acid groups (broad SMARTS) is 1. The number of amides is 1. The SMILES string of the molecule is Cc1noc(C)c1S(=O)(=O)NC(CNC(=O)c1cccc2c(CCCNC3NCCN3)n[nH]c12)C(=O)O. The van der Waals surface area contributed by atoms with Gasteiger partial charge in [0.15, 0.2) is 5.76 Å². The molecule has 1 unspecified atom stereocenters. The number of carbonyl (C=O) groups excluding carboxylic acids is 1. The first-order valence-corrected chi connectivity index (χ1v) is 13.3. The van der Waals surface area contributed by atoms with Gasteiger partial charge in [0.05, 0.1) is 16.8 Å². The van der Waals surface area contributed by atoms with Gasteiger partial charge in [-0.2, -0.15) is 9.82 Å². The number of hydrogen-bond acceptors (Lipinski definition) is 10. The summed E-state index contributed by atoms with van der Waals surface area (Å²) in [7, 11) is -4.25. The second kappa shape index (κ2) is 11.4. The van der Waals surface area contributed by atoms with Crippen molar-refractivity contribution in [3.63, 3.8) is 0 Å². The summed E-state index contributed by atoms with van der Waals surface area (Å²) < 4.78 is 32.4. The fourth-order valence-electron chi connectivity index (χ4n) is 4.20. The first kappa shape index (κ1) is 26.7. The van der Waals surface area contributed by atoms with Gasteiger partial charge in [-0.1, -0.05) is 17.3 Å². The van der Waals surface area contributed by atoms with Gasteiger partial charge >= 0.3 is 5.97 Å². The highest BCUT2D eigenvalue weighted by atomic mass is 32.2. The number of sulfonamides is 1. The monoisotopic (exact) mass is 534 g/mol. The highest BCUT2D eigenvalue weighted by Gasteiger charge is 2.30. The molecule has 200 valence electrons. The van der Waals surface area contributed by atoms with Gasteiger partial charge in [-0.25, -0.2) is 8.42 Å². The Morgan fingerprint density at radius 3 is 2.68 bits per heavy atom. The largest absolute Gasteiger partial charge is 0.480 e. The standard InChI is InChI=1S/C22H30N8O6S/c1-12-19(13(2)36-29-12)37(34,35)30-17(21(32)33)11-26-20(31)15-6-3-5-14-16(27-28-18(14)15)7-4-8-23-22-24-9-10-25-22/h3,5-6,17,22-25,30H,4,7-11H2,1-2H3,(H,26,31)(H,27,28)(H,32,33). The zero-order valence-corrected chi connectivity index (χ0v) is 21.2.